The van der Waals surface area contributed by atoms with E-state index in [0.717, 1.165) is 27.2 Å². The molecule has 0 spiro atoms. The number of nitrogens with one attached hydrogen (secondary N) is 1. The van der Waals surface area contributed by atoms with Gasteiger partial charge in [0, 0.05) is 23.2 Å². The highest BCUT2D eigenvalue weighted by Gasteiger charge is 2.13. The van der Waals surface area contributed by atoms with Crippen molar-refractivity contribution in [2.24, 2.45) is 0 Å². The van der Waals surface area contributed by atoms with Crippen molar-refractivity contribution in [1.29, 1.82) is 0 Å². The molecular weight excluding hydrogens is 420 g/mol. The summed E-state index contributed by atoms with van der Waals surface area (Å²) >= 11 is 2.76. The summed E-state index contributed by atoms with van der Waals surface area (Å²) in [6.45, 7) is 0. The molecule has 30 heavy (non-hydrogen) atoms. The minimum atomic E-state index is -0.115. The zero-order valence-corrected chi connectivity index (χ0v) is 17.9. The molecule has 152 valence electrons. The lowest BCUT2D eigenvalue weighted by Gasteiger charge is -2.07. The smallest absolute Gasteiger partial charge is 0.234 e. The van der Waals surface area contributed by atoms with Crippen molar-refractivity contribution in [2.45, 2.75) is 4.34 Å². The number of hydrogen-bond acceptors (Lipinski definition) is 8. The van der Waals surface area contributed by atoms with E-state index in [1.165, 1.54) is 23.1 Å². The number of aromatic nitrogens is 3. The number of methoxy groups -OCH3 is 2. The van der Waals surface area contributed by atoms with E-state index in [-0.39, 0.29) is 11.7 Å². The second-order valence-corrected chi connectivity index (χ2v) is 8.39. The Hall–Kier alpha value is -3.17. The summed E-state index contributed by atoms with van der Waals surface area (Å²) in [7, 11) is 3.20. The largest absolute Gasteiger partial charge is 0.497 e. The zero-order chi connectivity index (χ0) is 20.9. The number of fused-ring (bicyclic) bond motifs is 1. The van der Waals surface area contributed by atoms with Crippen LogP contribution in [0.2, 0.25) is 0 Å². The van der Waals surface area contributed by atoms with E-state index in [4.69, 9.17) is 9.47 Å². The highest BCUT2D eigenvalue weighted by molar-refractivity contribution is 8.01. The number of ether oxygens (including phenoxy) is 2. The van der Waals surface area contributed by atoms with Crippen LogP contribution in [-0.4, -0.2) is 41.1 Å². The normalized spacial score (nSPS) is 10.7. The maximum absolute atomic E-state index is 12.4. The number of amides is 1. The minimum Gasteiger partial charge on any atom is -0.497 e. The Kier molecular flexibility index (Phi) is 6.10. The molecule has 7 nitrogen and oxygen atoms in total. The van der Waals surface area contributed by atoms with Crippen LogP contribution in [0.25, 0.3) is 21.5 Å². The van der Waals surface area contributed by atoms with Gasteiger partial charge in [0.05, 0.1) is 31.2 Å². The van der Waals surface area contributed by atoms with Crippen molar-refractivity contribution in [3.63, 3.8) is 0 Å². The molecule has 0 aliphatic heterocycles. The van der Waals surface area contributed by atoms with Crippen LogP contribution in [0.4, 0.5) is 5.69 Å². The molecule has 0 bridgehead atoms. The molecule has 1 N–H and O–H groups in total. The molecule has 2 aromatic carbocycles. The van der Waals surface area contributed by atoms with Gasteiger partial charge in [-0.1, -0.05) is 41.3 Å². The van der Waals surface area contributed by atoms with E-state index in [1.54, 1.807) is 32.5 Å². The molecule has 0 aliphatic carbocycles. The van der Waals surface area contributed by atoms with Gasteiger partial charge in [-0.05, 0) is 24.3 Å². The monoisotopic (exact) mass is 438 g/mol. The second kappa shape index (κ2) is 9.10. The number of rotatable bonds is 7. The molecule has 0 radical (unpaired) electrons. The third kappa shape index (κ3) is 4.52. The Morgan fingerprint density at radius 3 is 2.60 bits per heavy atom. The molecule has 0 aliphatic rings. The van der Waals surface area contributed by atoms with E-state index in [0.29, 0.717) is 15.8 Å². The summed E-state index contributed by atoms with van der Waals surface area (Å²) in [5.74, 6) is 1.47. The second-order valence-electron chi connectivity index (χ2n) is 6.19. The first kappa shape index (κ1) is 20.1. The van der Waals surface area contributed by atoms with Crippen LogP contribution in [-0.2, 0) is 4.79 Å². The molecular formula is C21H18N4O3S2. The van der Waals surface area contributed by atoms with Crippen molar-refractivity contribution in [1.82, 2.24) is 15.2 Å². The van der Waals surface area contributed by atoms with E-state index in [2.05, 4.69) is 20.5 Å². The quantitative estimate of drug-likeness (QED) is 0.425. The summed E-state index contributed by atoms with van der Waals surface area (Å²) in [5, 5.41) is 13.0. The predicted octanol–water partition coefficient (Wildman–Crippen LogP) is 4.50. The number of pyridine rings is 1. The van der Waals surface area contributed by atoms with E-state index in [1.807, 2.05) is 36.4 Å². The summed E-state index contributed by atoms with van der Waals surface area (Å²) in [4.78, 5) is 16.8. The molecule has 0 saturated carbocycles. The summed E-state index contributed by atoms with van der Waals surface area (Å²) in [6.07, 6.45) is 1.69. The van der Waals surface area contributed by atoms with Gasteiger partial charge in [-0.3, -0.25) is 9.78 Å². The first-order valence-corrected chi connectivity index (χ1v) is 10.8. The van der Waals surface area contributed by atoms with Crippen molar-refractivity contribution in [3.8, 4) is 22.1 Å². The standard InChI is InChI=1S/C21H18N4O3S2/c1-27-14-9-13(10-15(11-14)28-2)20-24-25-21(30-20)29-12-19(26)23-18-7-8-22-17-6-4-3-5-16(17)18/h3-11H,12H2,1-2H3,(H,22,23,26). The van der Waals surface area contributed by atoms with Gasteiger partial charge in [0.1, 0.15) is 16.5 Å². The van der Waals surface area contributed by atoms with Gasteiger partial charge in [-0.2, -0.15) is 0 Å². The van der Waals surface area contributed by atoms with Crippen LogP contribution < -0.4 is 14.8 Å². The van der Waals surface area contributed by atoms with Crippen molar-refractivity contribution >= 4 is 45.6 Å². The van der Waals surface area contributed by atoms with Crippen LogP contribution in [0.5, 0.6) is 11.5 Å². The highest BCUT2D eigenvalue weighted by Crippen LogP contribution is 2.34. The number of para-hydroxylation sites is 1. The number of thioether (sulfide) groups is 1. The summed E-state index contributed by atoms with van der Waals surface area (Å²) in [5.41, 5.74) is 2.43. The van der Waals surface area contributed by atoms with Crippen molar-refractivity contribution < 1.29 is 14.3 Å². The summed E-state index contributed by atoms with van der Waals surface area (Å²) < 4.78 is 11.3. The van der Waals surface area contributed by atoms with Crippen molar-refractivity contribution in [3.05, 3.63) is 54.7 Å². The minimum absolute atomic E-state index is 0.115. The molecule has 4 aromatic rings. The fraction of sp³-hybridized carbons (Fsp3) is 0.143. The molecule has 0 saturated heterocycles. The van der Waals surface area contributed by atoms with E-state index < -0.39 is 0 Å². The molecule has 0 fully saturated rings. The molecule has 0 unspecified atom stereocenters. The molecule has 4 rings (SSSR count). The Morgan fingerprint density at radius 1 is 1.07 bits per heavy atom. The summed E-state index contributed by atoms with van der Waals surface area (Å²) in [6, 6.07) is 15.0. The lowest BCUT2D eigenvalue weighted by atomic mass is 10.2. The number of hydrogen-bond donors (Lipinski definition) is 1. The van der Waals surface area contributed by atoms with Crippen LogP contribution in [0.1, 0.15) is 0 Å². The van der Waals surface area contributed by atoms with Gasteiger partial charge < -0.3 is 14.8 Å². The number of anilines is 1. The Bertz CT molecular complexity index is 1170. The van der Waals surface area contributed by atoms with Crippen LogP contribution in [0.3, 0.4) is 0 Å². The molecule has 9 heteroatoms. The zero-order valence-electron chi connectivity index (χ0n) is 16.3. The lowest BCUT2D eigenvalue weighted by Crippen LogP contribution is -2.14. The Morgan fingerprint density at radius 2 is 1.83 bits per heavy atom. The van der Waals surface area contributed by atoms with E-state index >= 15 is 0 Å². The molecule has 2 heterocycles. The van der Waals surface area contributed by atoms with E-state index in [9.17, 15) is 4.79 Å². The number of benzene rings is 2. The van der Waals surface area contributed by atoms with Gasteiger partial charge in [0.2, 0.25) is 5.91 Å². The predicted molar refractivity (Wildman–Crippen MR) is 120 cm³/mol. The van der Waals surface area contributed by atoms with Gasteiger partial charge in [-0.15, -0.1) is 10.2 Å². The highest BCUT2D eigenvalue weighted by atomic mass is 32.2. The first-order valence-electron chi connectivity index (χ1n) is 8.99. The van der Waals surface area contributed by atoms with Gasteiger partial charge in [0.15, 0.2) is 4.34 Å². The molecule has 2 aromatic heterocycles. The molecule has 0 atom stereocenters. The van der Waals surface area contributed by atoms with Crippen LogP contribution in [0.15, 0.2) is 59.1 Å². The van der Waals surface area contributed by atoms with Crippen LogP contribution in [0, 0.1) is 0 Å². The topological polar surface area (TPSA) is 86.2 Å². The first-order chi connectivity index (χ1) is 14.7. The Labute approximate surface area is 181 Å². The third-order valence-electron chi connectivity index (χ3n) is 4.25. The van der Waals surface area contributed by atoms with Crippen LogP contribution >= 0.6 is 23.1 Å². The fourth-order valence-corrected chi connectivity index (χ4v) is 4.47. The maximum atomic E-state index is 12.4. The van der Waals surface area contributed by atoms with Gasteiger partial charge >= 0.3 is 0 Å². The lowest BCUT2D eigenvalue weighted by molar-refractivity contribution is -0.113. The maximum Gasteiger partial charge on any atom is 0.234 e. The average Bonchev–Trinajstić information content (AvgIpc) is 3.27. The van der Waals surface area contributed by atoms with Gasteiger partial charge in [-0.25, -0.2) is 0 Å². The third-order valence-corrected chi connectivity index (χ3v) is 6.36. The fourth-order valence-electron chi connectivity index (χ4n) is 2.83. The number of nitrogens with zero attached hydrogens (tertiary/aromatic N) is 3. The van der Waals surface area contributed by atoms with Crippen molar-refractivity contribution in [2.75, 3.05) is 25.3 Å². The molecule has 1 amide bonds. The van der Waals surface area contributed by atoms with Gasteiger partial charge in [0.25, 0.3) is 0 Å². The SMILES string of the molecule is COc1cc(OC)cc(-c2nnc(SCC(=O)Nc3ccnc4ccccc34)s2)c1. The average molecular weight is 439 g/mol. The number of carbonyl (C=O) groups is 1. The number of carbonyl (C=O) groups excluding carboxylic acids is 1. The Balaban J connectivity index is 1.43.